The van der Waals surface area contributed by atoms with Gasteiger partial charge in [-0.15, -0.1) is 12.8 Å². The maximum Gasteiger partial charge on any atom is 2.00 e. The quantitative estimate of drug-likeness (QED) is 0.438. The molecule has 0 saturated carbocycles. The maximum absolute atomic E-state index is 12.2. The average Bonchev–Trinajstić information content (AvgIpc) is 3.44. The minimum Gasteiger partial charge on any atom is -0.478 e. The van der Waals surface area contributed by atoms with Gasteiger partial charge in [-0.05, 0) is 48.5 Å². The van der Waals surface area contributed by atoms with Crippen molar-refractivity contribution < 1.29 is 50.3 Å². The Kier molecular flexibility index (Phi) is 11.8. The number of halogens is 2. The molecule has 0 spiro atoms. The van der Waals surface area contributed by atoms with E-state index in [0.717, 1.165) is 43.5 Å². The van der Waals surface area contributed by atoms with Crippen LogP contribution in [0.5, 0.6) is 0 Å². The third-order valence-corrected chi connectivity index (χ3v) is 4.10. The molecular formula is C25H20F2O4Ti. The van der Waals surface area contributed by atoms with E-state index < -0.39 is 23.6 Å². The second-order valence-electron chi connectivity index (χ2n) is 6.42. The van der Waals surface area contributed by atoms with Crippen LogP contribution >= 0.6 is 0 Å². The van der Waals surface area contributed by atoms with Crippen molar-refractivity contribution in [1.29, 1.82) is 0 Å². The molecule has 0 saturated heterocycles. The van der Waals surface area contributed by atoms with Crippen LogP contribution < -0.4 is 0 Å². The van der Waals surface area contributed by atoms with Crippen LogP contribution in [0.1, 0.15) is 40.0 Å². The Morgan fingerprint density at radius 2 is 1.06 bits per heavy atom. The van der Waals surface area contributed by atoms with Crippen LogP contribution in [0, 0.1) is 23.8 Å². The van der Waals surface area contributed by atoms with E-state index in [1.165, 1.54) is 35.4 Å². The molecule has 2 aliphatic rings. The third-order valence-electron chi connectivity index (χ3n) is 4.10. The van der Waals surface area contributed by atoms with E-state index in [-0.39, 0.29) is 32.8 Å². The predicted molar refractivity (Wildman–Crippen MR) is 112 cm³/mol. The van der Waals surface area contributed by atoms with Gasteiger partial charge in [0.25, 0.3) is 0 Å². The molecule has 4 nitrogen and oxygen atoms in total. The number of hydrogen-bond donors (Lipinski definition) is 2. The Balaban J connectivity index is 0.000000237. The second-order valence-corrected chi connectivity index (χ2v) is 6.42. The van der Waals surface area contributed by atoms with Crippen molar-refractivity contribution >= 4 is 11.9 Å². The van der Waals surface area contributed by atoms with Gasteiger partial charge in [-0.25, -0.2) is 41.7 Å². The molecule has 32 heavy (non-hydrogen) atoms. The zero-order valence-corrected chi connectivity index (χ0v) is 18.6. The first-order chi connectivity index (χ1) is 14.8. The van der Waals surface area contributed by atoms with E-state index in [2.05, 4.69) is 36.5 Å². The molecule has 0 aliphatic heterocycles. The summed E-state index contributed by atoms with van der Waals surface area (Å²) in [5.41, 5.74) is 2.83. The van der Waals surface area contributed by atoms with Crippen molar-refractivity contribution in [3.63, 3.8) is 0 Å². The summed E-state index contributed by atoms with van der Waals surface area (Å²) in [5, 5.41) is 16.7. The topological polar surface area (TPSA) is 74.6 Å². The second kappa shape index (κ2) is 14.1. The molecule has 0 radical (unpaired) electrons. The summed E-state index contributed by atoms with van der Waals surface area (Å²) >= 11 is 0. The van der Waals surface area contributed by atoms with E-state index in [0.29, 0.717) is 0 Å². The van der Waals surface area contributed by atoms with Crippen LogP contribution in [-0.4, -0.2) is 22.2 Å². The van der Waals surface area contributed by atoms with Gasteiger partial charge in [0.15, 0.2) is 0 Å². The molecule has 0 atom stereocenters. The summed E-state index contributed by atoms with van der Waals surface area (Å²) in [6, 6.07) is 9.34. The standard InChI is InChI=1S/C11H10.2C7H5FO2.Ti/c1-2-6-10(5-1)9-11-7-3-4-8-11;2*8-6-3-1-5(2-4-6)7(9)10;/h1,3,5,7H,2,4,9H2;2*1-4H,(H,9,10);/q-2;;;+2. The van der Waals surface area contributed by atoms with Crippen molar-refractivity contribution in [2.24, 2.45) is 0 Å². The SMILES string of the molecule is O=C(O)c1ccc(F)cc1.O=C(O)c1ccc(F)cc1.[C-]1=C(CC2=[C-]CC=C2)C=CC1.[Ti+2]. The molecule has 162 valence electrons. The van der Waals surface area contributed by atoms with Gasteiger partial charge < -0.3 is 10.2 Å². The van der Waals surface area contributed by atoms with Crippen molar-refractivity contribution in [3.05, 3.63) is 119 Å². The van der Waals surface area contributed by atoms with Crippen molar-refractivity contribution in [2.45, 2.75) is 19.3 Å². The normalized spacial score (nSPS) is 12.9. The van der Waals surface area contributed by atoms with E-state index in [1.54, 1.807) is 0 Å². The number of aromatic carboxylic acids is 2. The molecular weight excluding hydrogens is 450 g/mol. The van der Waals surface area contributed by atoms with Gasteiger partial charge >= 0.3 is 33.7 Å². The largest absolute Gasteiger partial charge is 2.00 e. The van der Waals surface area contributed by atoms with Gasteiger partial charge in [-0.2, -0.15) is 12.2 Å². The first-order valence-corrected chi connectivity index (χ1v) is 9.35. The molecule has 2 aliphatic carbocycles. The van der Waals surface area contributed by atoms with Gasteiger partial charge in [0.2, 0.25) is 0 Å². The minimum absolute atomic E-state index is 0. The fourth-order valence-electron chi connectivity index (χ4n) is 2.53. The molecule has 7 heteroatoms. The monoisotopic (exact) mass is 470 g/mol. The number of rotatable bonds is 4. The molecule has 0 heterocycles. The summed E-state index contributed by atoms with van der Waals surface area (Å²) in [5.74, 6) is -2.94. The molecule has 0 fully saturated rings. The Bertz CT molecular complexity index is 937. The summed E-state index contributed by atoms with van der Waals surface area (Å²) in [6.45, 7) is 0. The Hall–Kier alpha value is -3.09. The molecule has 0 unspecified atom stereocenters. The summed E-state index contributed by atoms with van der Waals surface area (Å²) in [4.78, 5) is 20.4. The van der Waals surface area contributed by atoms with E-state index in [4.69, 9.17) is 10.2 Å². The third kappa shape index (κ3) is 9.81. The van der Waals surface area contributed by atoms with Gasteiger partial charge in [0, 0.05) is 0 Å². The van der Waals surface area contributed by atoms with Crippen molar-refractivity contribution in [1.82, 2.24) is 0 Å². The van der Waals surface area contributed by atoms with Crippen LogP contribution in [-0.2, 0) is 21.7 Å². The number of hydrogen-bond acceptors (Lipinski definition) is 2. The fraction of sp³-hybridized carbons (Fsp3) is 0.120. The molecule has 0 amide bonds. The van der Waals surface area contributed by atoms with Crippen molar-refractivity contribution in [2.75, 3.05) is 0 Å². The van der Waals surface area contributed by atoms with E-state index >= 15 is 0 Å². The fourth-order valence-corrected chi connectivity index (χ4v) is 2.53. The zero-order chi connectivity index (χ0) is 22.6. The molecule has 2 aromatic carbocycles. The summed E-state index contributed by atoms with van der Waals surface area (Å²) in [6.07, 6.45) is 18.2. The van der Waals surface area contributed by atoms with Gasteiger partial charge in [-0.1, -0.05) is 6.42 Å². The summed E-state index contributed by atoms with van der Waals surface area (Å²) in [7, 11) is 0. The molecule has 0 aromatic heterocycles. The molecule has 0 bridgehead atoms. The van der Waals surface area contributed by atoms with Crippen LogP contribution in [0.2, 0.25) is 0 Å². The number of allylic oxidation sites excluding steroid dienone is 8. The maximum atomic E-state index is 12.2. The minimum atomic E-state index is -1.04. The molecule has 4 rings (SSSR count). The van der Waals surface area contributed by atoms with Crippen LogP contribution in [0.3, 0.4) is 0 Å². The molecule has 2 aromatic rings. The van der Waals surface area contributed by atoms with Crippen molar-refractivity contribution in [3.8, 4) is 0 Å². The Morgan fingerprint density at radius 3 is 1.31 bits per heavy atom. The number of carboxylic acids is 2. The van der Waals surface area contributed by atoms with Gasteiger partial charge in [0.05, 0.1) is 11.1 Å². The smallest absolute Gasteiger partial charge is 0.478 e. The first kappa shape index (κ1) is 26.9. The summed E-state index contributed by atoms with van der Waals surface area (Å²) < 4.78 is 24.3. The Morgan fingerprint density at radius 1 is 0.719 bits per heavy atom. The number of carboxylic acid groups (broad SMARTS) is 2. The van der Waals surface area contributed by atoms with Gasteiger partial charge in [-0.3, -0.25) is 12.2 Å². The molecule has 2 N–H and O–H groups in total. The van der Waals surface area contributed by atoms with Crippen LogP contribution in [0.15, 0.2) is 84.0 Å². The van der Waals surface area contributed by atoms with E-state index in [9.17, 15) is 18.4 Å². The predicted octanol–water partition coefficient (Wildman–Crippen LogP) is 5.80. The van der Waals surface area contributed by atoms with Crippen LogP contribution in [0.25, 0.3) is 0 Å². The number of benzene rings is 2. The average molecular weight is 470 g/mol. The van der Waals surface area contributed by atoms with Gasteiger partial charge in [0.1, 0.15) is 11.6 Å². The van der Waals surface area contributed by atoms with Crippen LogP contribution in [0.4, 0.5) is 8.78 Å². The van der Waals surface area contributed by atoms with E-state index in [1.807, 2.05) is 0 Å². The Labute approximate surface area is 200 Å². The first-order valence-electron chi connectivity index (χ1n) is 9.35. The zero-order valence-electron chi connectivity index (χ0n) is 17.0. The number of carbonyl (C=O) groups is 2.